The van der Waals surface area contributed by atoms with Gasteiger partial charge in [-0.25, -0.2) is 0 Å². The monoisotopic (exact) mass is 328 g/mol. The van der Waals surface area contributed by atoms with Gasteiger partial charge in [-0.3, -0.25) is 14.7 Å². The van der Waals surface area contributed by atoms with Crippen LogP contribution >= 0.6 is 0 Å². The van der Waals surface area contributed by atoms with E-state index < -0.39 is 0 Å². The molecule has 1 aliphatic carbocycles. The SMILES string of the molecule is CCn1c(C)cc2[nH]nc(NC(=O)C3CCC=CCCC3)c2c1=O. The van der Waals surface area contributed by atoms with E-state index in [0.717, 1.165) is 37.8 Å². The predicted octanol–water partition coefficient (Wildman–Crippen LogP) is 3.13. The standard InChI is InChI=1S/C18H24N4O2/c1-3-22-12(2)11-14-15(18(22)24)16(21-20-14)19-17(23)13-9-7-5-4-6-8-10-13/h4-5,11,13H,3,6-10H2,1-2H3,(H2,19,20,21,23). The first kappa shape index (κ1) is 16.5. The van der Waals surface area contributed by atoms with Gasteiger partial charge < -0.3 is 9.88 Å². The van der Waals surface area contributed by atoms with Crippen molar-refractivity contribution in [2.75, 3.05) is 5.32 Å². The molecule has 24 heavy (non-hydrogen) atoms. The summed E-state index contributed by atoms with van der Waals surface area (Å²) in [7, 11) is 0. The lowest BCUT2D eigenvalue weighted by atomic mass is 9.93. The molecule has 128 valence electrons. The number of nitrogens with one attached hydrogen (secondary N) is 2. The number of H-pyrrole nitrogens is 1. The fraction of sp³-hybridized carbons (Fsp3) is 0.500. The summed E-state index contributed by atoms with van der Waals surface area (Å²) in [6, 6.07) is 1.89. The van der Waals surface area contributed by atoms with E-state index in [0.29, 0.717) is 23.3 Å². The number of aromatic nitrogens is 3. The van der Waals surface area contributed by atoms with E-state index >= 15 is 0 Å². The highest BCUT2D eigenvalue weighted by Crippen LogP contribution is 2.23. The highest BCUT2D eigenvalue weighted by atomic mass is 16.2. The van der Waals surface area contributed by atoms with Crippen LogP contribution in [0.4, 0.5) is 5.82 Å². The van der Waals surface area contributed by atoms with Gasteiger partial charge in [-0.05, 0) is 52.0 Å². The lowest BCUT2D eigenvalue weighted by Crippen LogP contribution is -2.25. The molecule has 0 fully saturated rings. The minimum atomic E-state index is -0.114. The lowest BCUT2D eigenvalue weighted by molar-refractivity contribution is -0.120. The zero-order valence-electron chi connectivity index (χ0n) is 14.3. The second-order valence-electron chi connectivity index (χ2n) is 6.36. The molecule has 0 bridgehead atoms. The maximum Gasteiger partial charge on any atom is 0.264 e. The summed E-state index contributed by atoms with van der Waals surface area (Å²) in [5.74, 6) is 0.280. The third-order valence-electron chi connectivity index (χ3n) is 4.73. The topological polar surface area (TPSA) is 79.8 Å². The van der Waals surface area contributed by atoms with Crippen LogP contribution in [0.3, 0.4) is 0 Å². The second kappa shape index (κ2) is 7.03. The van der Waals surface area contributed by atoms with Crippen molar-refractivity contribution in [3.63, 3.8) is 0 Å². The summed E-state index contributed by atoms with van der Waals surface area (Å²) in [5.41, 5.74) is 1.43. The Hall–Kier alpha value is -2.37. The first-order valence-electron chi connectivity index (χ1n) is 8.66. The van der Waals surface area contributed by atoms with Crippen molar-refractivity contribution in [3.8, 4) is 0 Å². The molecule has 2 aromatic rings. The summed E-state index contributed by atoms with van der Waals surface area (Å²) in [6.07, 6.45) is 8.99. The highest BCUT2D eigenvalue weighted by molar-refractivity contribution is 6.00. The number of carbonyl (C=O) groups is 1. The normalized spacial score (nSPS) is 18.3. The number of carbonyl (C=O) groups excluding carboxylic acids is 1. The number of hydrogen-bond donors (Lipinski definition) is 2. The van der Waals surface area contributed by atoms with Crippen molar-refractivity contribution in [2.24, 2.45) is 5.92 Å². The summed E-state index contributed by atoms with van der Waals surface area (Å²) in [6.45, 7) is 4.42. The van der Waals surface area contributed by atoms with E-state index in [1.807, 2.05) is 19.9 Å². The van der Waals surface area contributed by atoms with Crippen molar-refractivity contribution < 1.29 is 4.79 Å². The molecule has 1 amide bonds. The third-order valence-corrected chi connectivity index (χ3v) is 4.73. The molecule has 0 saturated heterocycles. The van der Waals surface area contributed by atoms with Crippen LogP contribution in [0, 0.1) is 12.8 Å². The first-order chi connectivity index (χ1) is 11.6. The van der Waals surface area contributed by atoms with Gasteiger partial charge in [-0.15, -0.1) is 0 Å². The molecule has 1 aliphatic rings. The summed E-state index contributed by atoms with van der Waals surface area (Å²) >= 11 is 0. The fourth-order valence-electron chi connectivity index (χ4n) is 3.38. The molecular weight excluding hydrogens is 304 g/mol. The predicted molar refractivity (Wildman–Crippen MR) is 95.1 cm³/mol. The van der Waals surface area contributed by atoms with E-state index in [-0.39, 0.29) is 17.4 Å². The zero-order chi connectivity index (χ0) is 17.1. The Labute approximate surface area is 140 Å². The van der Waals surface area contributed by atoms with Crippen molar-refractivity contribution in [1.29, 1.82) is 0 Å². The van der Waals surface area contributed by atoms with Gasteiger partial charge in [0.2, 0.25) is 5.91 Å². The molecule has 1 atom stereocenters. The van der Waals surface area contributed by atoms with Gasteiger partial charge in [0.25, 0.3) is 5.56 Å². The molecule has 2 heterocycles. The average Bonchev–Trinajstić information content (AvgIpc) is 2.90. The van der Waals surface area contributed by atoms with Crippen LogP contribution in [0.15, 0.2) is 23.0 Å². The van der Waals surface area contributed by atoms with Gasteiger partial charge in [0, 0.05) is 18.2 Å². The van der Waals surface area contributed by atoms with Crippen molar-refractivity contribution in [3.05, 3.63) is 34.3 Å². The number of pyridine rings is 1. The van der Waals surface area contributed by atoms with Crippen LogP contribution in [-0.2, 0) is 11.3 Å². The molecular formula is C18H24N4O2. The molecule has 0 spiro atoms. The second-order valence-corrected chi connectivity index (χ2v) is 6.36. The largest absolute Gasteiger partial charge is 0.312 e. The minimum absolute atomic E-state index is 0.0273. The van der Waals surface area contributed by atoms with Crippen LogP contribution in [0.5, 0.6) is 0 Å². The third kappa shape index (κ3) is 3.13. The number of fused-ring (bicyclic) bond motifs is 1. The van der Waals surface area contributed by atoms with Gasteiger partial charge >= 0.3 is 0 Å². The van der Waals surface area contributed by atoms with Crippen LogP contribution in [0.25, 0.3) is 10.9 Å². The maximum atomic E-state index is 12.7. The Morgan fingerprint density at radius 2 is 2.17 bits per heavy atom. The number of anilines is 1. The van der Waals surface area contributed by atoms with E-state index in [2.05, 4.69) is 27.7 Å². The van der Waals surface area contributed by atoms with Crippen molar-refractivity contribution in [2.45, 2.75) is 52.5 Å². The number of aryl methyl sites for hydroxylation is 1. The number of rotatable bonds is 3. The van der Waals surface area contributed by atoms with Crippen LogP contribution in [0.1, 0.15) is 44.7 Å². The van der Waals surface area contributed by atoms with Crippen LogP contribution in [-0.4, -0.2) is 20.7 Å². The zero-order valence-corrected chi connectivity index (χ0v) is 14.3. The molecule has 0 radical (unpaired) electrons. The smallest absolute Gasteiger partial charge is 0.264 e. The molecule has 1 unspecified atom stereocenters. The summed E-state index contributed by atoms with van der Waals surface area (Å²) in [4.78, 5) is 25.3. The summed E-state index contributed by atoms with van der Waals surface area (Å²) < 4.78 is 1.69. The number of aromatic amines is 1. The quantitative estimate of drug-likeness (QED) is 0.850. The molecule has 2 aromatic heterocycles. The van der Waals surface area contributed by atoms with E-state index in [4.69, 9.17) is 0 Å². The van der Waals surface area contributed by atoms with Crippen molar-refractivity contribution in [1.82, 2.24) is 14.8 Å². The van der Waals surface area contributed by atoms with Gasteiger partial charge in [-0.2, -0.15) is 5.10 Å². The van der Waals surface area contributed by atoms with Gasteiger partial charge in [-0.1, -0.05) is 12.2 Å². The Balaban J connectivity index is 1.88. The van der Waals surface area contributed by atoms with Crippen LogP contribution < -0.4 is 10.9 Å². The van der Waals surface area contributed by atoms with E-state index in [1.165, 1.54) is 0 Å². The highest BCUT2D eigenvalue weighted by Gasteiger charge is 2.21. The number of hydrogen-bond acceptors (Lipinski definition) is 3. The molecule has 3 rings (SSSR count). The van der Waals surface area contributed by atoms with E-state index in [1.54, 1.807) is 4.57 Å². The van der Waals surface area contributed by atoms with Gasteiger partial charge in [0.1, 0.15) is 5.39 Å². The fourth-order valence-corrected chi connectivity index (χ4v) is 3.38. The number of allylic oxidation sites excluding steroid dienone is 2. The Bertz CT molecular complexity index is 831. The molecule has 6 nitrogen and oxygen atoms in total. The Morgan fingerprint density at radius 3 is 2.96 bits per heavy atom. The van der Waals surface area contributed by atoms with Gasteiger partial charge in [0.05, 0.1) is 5.52 Å². The average molecular weight is 328 g/mol. The number of amides is 1. The van der Waals surface area contributed by atoms with Gasteiger partial charge in [0.15, 0.2) is 5.82 Å². The van der Waals surface area contributed by atoms with E-state index in [9.17, 15) is 9.59 Å². The van der Waals surface area contributed by atoms with Crippen LogP contribution in [0.2, 0.25) is 0 Å². The molecule has 6 heteroatoms. The molecule has 0 aliphatic heterocycles. The van der Waals surface area contributed by atoms with Crippen molar-refractivity contribution >= 4 is 22.6 Å². The Kier molecular flexibility index (Phi) is 4.83. The molecule has 2 N–H and O–H groups in total. The first-order valence-corrected chi connectivity index (χ1v) is 8.66. The Morgan fingerprint density at radius 1 is 1.38 bits per heavy atom. The minimum Gasteiger partial charge on any atom is -0.312 e. The maximum absolute atomic E-state index is 12.7. The molecule has 0 aromatic carbocycles. The number of nitrogens with zero attached hydrogens (tertiary/aromatic N) is 2. The summed E-state index contributed by atoms with van der Waals surface area (Å²) in [5, 5.41) is 10.4. The molecule has 0 saturated carbocycles. The lowest BCUT2D eigenvalue weighted by Gasteiger charge is -2.16.